The number of amides is 1. The second-order valence-corrected chi connectivity index (χ2v) is 5.92. The van der Waals surface area contributed by atoms with Crippen molar-refractivity contribution in [1.82, 2.24) is 10.3 Å². The van der Waals surface area contributed by atoms with Gasteiger partial charge in [-0.3, -0.25) is 25.2 Å². The lowest BCUT2D eigenvalue weighted by molar-refractivity contribution is -0.385. The number of nitro groups is 1. The quantitative estimate of drug-likeness (QED) is 0.418. The molecule has 0 atom stereocenters. The number of nitrogens with one attached hydrogen (secondary N) is 2. The van der Waals surface area contributed by atoms with Crippen molar-refractivity contribution in [3.63, 3.8) is 0 Å². The summed E-state index contributed by atoms with van der Waals surface area (Å²) in [4.78, 5) is 27.2. The van der Waals surface area contributed by atoms with Crippen molar-refractivity contribution >= 4 is 45.5 Å². The lowest BCUT2D eigenvalue weighted by Gasteiger charge is -2.12. The number of fused-ring (bicyclic) bond motifs is 1. The standard InChI is InChI=1S/C18H14N4O3S/c1-11-9-10-12-14(19-11)6-4-7-15(12)20-18(26)21-17(23)13-5-2-3-8-16(13)22(24)25/h2-10H,1H3,(H2,20,21,23,26). The Labute approximate surface area is 154 Å². The molecule has 0 spiro atoms. The average Bonchev–Trinajstić information content (AvgIpc) is 2.61. The van der Waals surface area contributed by atoms with Crippen LogP contribution in [0.1, 0.15) is 16.1 Å². The summed E-state index contributed by atoms with van der Waals surface area (Å²) in [6.45, 7) is 1.90. The second-order valence-electron chi connectivity index (χ2n) is 5.51. The smallest absolute Gasteiger partial charge is 0.282 e. The molecule has 8 heteroatoms. The molecule has 0 fully saturated rings. The number of nitro benzene ring substituents is 1. The van der Waals surface area contributed by atoms with E-state index in [9.17, 15) is 14.9 Å². The van der Waals surface area contributed by atoms with Crippen molar-refractivity contribution in [1.29, 1.82) is 0 Å². The number of rotatable bonds is 3. The van der Waals surface area contributed by atoms with Crippen molar-refractivity contribution in [2.45, 2.75) is 6.92 Å². The molecule has 130 valence electrons. The van der Waals surface area contributed by atoms with Crippen molar-refractivity contribution in [3.8, 4) is 0 Å². The minimum atomic E-state index is -0.649. The number of benzene rings is 2. The van der Waals surface area contributed by atoms with E-state index in [-0.39, 0.29) is 16.4 Å². The van der Waals surface area contributed by atoms with E-state index in [2.05, 4.69) is 15.6 Å². The molecule has 0 aliphatic heterocycles. The van der Waals surface area contributed by atoms with Crippen LogP contribution < -0.4 is 10.6 Å². The van der Waals surface area contributed by atoms with Gasteiger partial charge in [-0.05, 0) is 49.5 Å². The van der Waals surface area contributed by atoms with Crippen LogP contribution in [-0.2, 0) is 0 Å². The molecular weight excluding hydrogens is 352 g/mol. The third kappa shape index (κ3) is 3.65. The number of carbonyl (C=O) groups is 1. The SMILES string of the molecule is Cc1ccc2c(NC(=S)NC(=O)c3ccccc3[N+](=O)[O-])cccc2n1. The minimum absolute atomic E-state index is 0.0428. The second kappa shape index (κ2) is 7.24. The summed E-state index contributed by atoms with van der Waals surface area (Å²) in [5.74, 6) is -0.649. The number of para-hydroxylation sites is 1. The van der Waals surface area contributed by atoms with Gasteiger partial charge in [0, 0.05) is 22.8 Å². The van der Waals surface area contributed by atoms with Crippen LogP contribution in [0.4, 0.5) is 11.4 Å². The Morgan fingerprint density at radius 1 is 1.12 bits per heavy atom. The van der Waals surface area contributed by atoms with Gasteiger partial charge in [0.25, 0.3) is 11.6 Å². The third-order valence-corrected chi connectivity index (χ3v) is 3.90. The van der Waals surface area contributed by atoms with E-state index < -0.39 is 10.8 Å². The van der Waals surface area contributed by atoms with Crippen LogP contribution in [0.3, 0.4) is 0 Å². The fraction of sp³-hybridized carbons (Fsp3) is 0.0556. The summed E-state index contributed by atoms with van der Waals surface area (Å²) in [6.07, 6.45) is 0. The number of aromatic nitrogens is 1. The van der Waals surface area contributed by atoms with Crippen LogP contribution in [-0.4, -0.2) is 20.9 Å². The fourth-order valence-corrected chi connectivity index (χ4v) is 2.72. The number of thiocarbonyl (C=S) groups is 1. The lowest BCUT2D eigenvalue weighted by Crippen LogP contribution is -2.34. The zero-order valence-corrected chi connectivity index (χ0v) is 14.5. The Kier molecular flexibility index (Phi) is 4.85. The van der Waals surface area contributed by atoms with Crippen LogP contribution in [0, 0.1) is 17.0 Å². The first-order chi connectivity index (χ1) is 12.5. The topological polar surface area (TPSA) is 97.2 Å². The average molecular weight is 366 g/mol. The van der Waals surface area contributed by atoms with E-state index in [1.54, 1.807) is 6.07 Å². The van der Waals surface area contributed by atoms with Gasteiger partial charge >= 0.3 is 0 Å². The summed E-state index contributed by atoms with van der Waals surface area (Å²) in [7, 11) is 0. The Bertz CT molecular complexity index is 1040. The van der Waals surface area contributed by atoms with E-state index in [1.165, 1.54) is 18.2 Å². The van der Waals surface area contributed by atoms with Gasteiger partial charge in [0.05, 0.1) is 10.4 Å². The number of aryl methyl sites for hydroxylation is 1. The molecule has 1 amide bonds. The number of nitrogens with zero attached hydrogens (tertiary/aromatic N) is 2. The van der Waals surface area contributed by atoms with Gasteiger partial charge in [-0.2, -0.15) is 0 Å². The van der Waals surface area contributed by atoms with E-state index in [0.29, 0.717) is 5.69 Å². The Hall–Kier alpha value is -3.39. The summed E-state index contributed by atoms with van der Waals surface area (Å²) in [5.41, 5.74) is 2.03. The van der Waals surface area contributed by atoms with Gasteiger partial charge in [-0.25, -0.2) is 0 Å². The monoisotopic (exact) mass is 366 g/mol. The predicted molar refractivity (Wildman–Crippen MR) is 103 cm³/mol. The molecule has 0 saturated carbocycles. The molecule has 1 heterocycles. The molecule has 0 bridgehead atoms. The highest BCUT2D eigenvalue weighted by Crippen LogP contribution is 2.22. The molecule has 7 nitrogen and oxygen atoms in total. The Morgan fingerprint density at radius 3 is 2.65 bits per heavy atom. The number of anilines is 1. The minimum Gasteiger partial charge on any atom is -0.332 e. The highest BCUT2D eigenvalue weighted by Gasteiger charge is 2.20. The van der Waals surface area contributed by atoms with Gasteiger partial charge in [0.1, 0.15) is 5.56 Å². The maximum atomic E-state index is 12.3. The highest BCUT2D eigenvalue weighted by atomic mass is 32.1. The molecule has 0 aliphatic rings. The normalized spacial score (nSPS) is 10.3. The van der Waals surface area contributed by atoms with Crippen molar-refractivity contribution in [2.24, 2.45) is 0 Å². The Morgan fingerprint density at radius 2 is 1.88 bits per heavy atom. The van der Waals surface area contributed by atoms with Crippen LogP contribution in [0.15, 0.2) is 54.6 Å². The fourth-order valence-electron chi connectivity index (χ4n) is 2.51. The number of carbonyl (C=O) groups excluding carboxylic acids is 1. The summed E-state index contributed by atoms with van der Waals surface area (Å²) in [6, 6.07) is 15.0. The molecule has 1 aromatic heterocycles. The molecule has 26 heavy (non-hydrogen) atoms. The first-order valence-corrected chi connectivity index (χ1v) is 8.08. The first kappa shape index (κ1) is 17.4. The lowest BCUT2D eigenvalue weighted by atomic mass is 10.1. The van der Waals surface area contributed by atoms with Gasteiger partial charge in [-0.1, -0.05) is 18.2 Å². The first-order valence-electron chi connectivity index (χ1n) is 7.68. The maximum Gasteiger partial charge on any atom is 0.282 e. The van der Waals surface area contributed by atoms with Gasteiger partial charge in [0.2, 0.25) is 0 Å². The number of hydrogen-bond acceptors (Lipinski definition) is 5. The summed E-state index contributed by atoms with van der Waals surface area (Å²) < 4.78 is 0. The van der Waals surface area contributed by atoms with E-state index in [4.69, 9.17) is 12.2 Å². The largest absolute Gasteiger partial charge is 0.332 e. The zero-order valence-electron chi connectivity index (χ0n) is 13.7. The van der Waals surface area contributed by atoms with Crippen LogP contribution in [0.25, 0.3) is 10.9 Å². The number of pyridine rings is 1. The van der Waals surface area contributed by atoms with Crippen LogP contribution in [0.5, 0.6) is 0 Å². The molecule has 2 aromatic carbocycles. The zero-order chi connectivity index (χ0) is 18.7. The maximum absolute atomic E-state index is 12.3. The molecule has 0 aliphatic carbocycles. The molecule has 2 N–H and O–H groups in total. The van der Waals surface area contributed by atoms with E-state index >= 15 is 0 Å². The van der Waals surface area contributed by atoms with Crippen molar-refractivity contribution in [3.05, 3.63) is 76.0 Å². The van der Waals surface area contributed by atoms with Crippen molar-refractivity contribution < 1.29 is 9.72 Å². The molecule has 0 unspecified atom stereocenters. The molecule has 3 rings (SSSR count). The molecule has 3 aromatic rings. The van der Waals surface area contributed by atoms with E-state index in [0.717, 1.165) is 16.6 Å². The predicted octanol–water partition coefficient (Wildman–Crippen LogP) is 3.58. The molecular formula is C18H14N4O3S. The molecule has 0 radical (unpaired) electrons. The summed E-state index contributed by atoms with van der Waals surface area (Å²) in [5, 5.41) is 17.4. The summed E-state index contributed by atoms with van der Waals surface area (Å²) >= 11 is 5.18. The Balaban J connectivity index is 1.80. The number of hydrogen-bond donors (Lipinski definition) is 2. The van der Waals surface area contributed by atoms with Crippen LogP contribution >= 0.6 is 12.2 Å². The van der Waals surface area contributed by atoms with Crippen LogP contribution in [0.2, 0.25) is 0 Å². The highest BCUT2D eigenvalue weighted by molar-refractivity contribution is 7.80. The third-order valence-electron chi connectivity index (χ3n) is 3.69. The van der Waals surface area contributed by atoms with Gasteiger partial charge in [-0.15, -0.1) is 0 Å². The molecule has 0 saturated heterocycles. The van der Waals surface area contributed by atoms with Crippen molar-refractivity contribution in [2.75, 3.05) is 5.32 Å². The van der Waals surface area contributed by atoms with Gasteiger partial charge in [0.15, 0.2) is 5.11 Å². The van der Waals surface area contributed by atoms with Gasteiger partial charge < -0.3 is 5.32 Å². The van der Waals surface area contributed by atoms with E-state index in [1.807, 2.05) is 37.3 Å².